The second-order valence-corrected chi connectivity index (χ2v) is 6.79. The molecule has 1 aromatic rings. The Morgan fingerprint density at radius 1 is 1.19 bits per heavy atom. The minimum absolute atomic E-state index is 0.235. The predicted molar refractivity (Wildman–Crippen MR) is 91.4 cm³/mol. The third kappa shape index (κ3) is 4.31. The molecule has 1 aliphatic rings. The van der Waals surface area contributed by atoms with Gasteiger partial charge in [-0.1, -0.05) is 56.5 Å². The molecule has 0 aromatic heterocycles. The van der Waals surface area contributed by atoms with Crippen LogP contribution in [0.5, 0.6) is 0 Å². The van der Waals surface area contributed by atoms with Crippen molar-refractivity contribution < 1.29 is 0 Å². The van der Waals surface area contributed by atoms with Gasteiger partial charge in [0, 0.05) is 18.6 Å². The van der Waals surface area contributed by atoms with Crippen LogP contribution < -0.4 is 5.73 Å². The van der Waals surface area contributed by atoms with Crippen molar-refractivity contribution in [3.8, 4) is 0 Å². The summed E-state index contributed by atoms with van der Waals surface area (Å²) in [4.78, 5) is 2.55. The van der Waals surface area contributed by atoms with Gasteiger partial charge in [-0.3, -0.25) is 4.90 Å². The van der Waals surface area contributed by atoms with E-state index in [-0.39, 0.29) is 5.54 Å². The standard InChI is InChI=1S/C19H32N2/c1-3-17-10-7-13-19(16-20,14-11-17)21(2)15-12-18-8-5-4-6-9-18/h4-6,8-9,17H,3,7,10-16,20H2,1-2H3. The molecule has 1 aromatic carbocycles. The molecule has 0 spiro atoms. The highest BCUT2D eigenvalue weighted by Crippen LogP contribution is 2.34. The van der Waals surface area contributed by atoms with Crippen molar-refractivity contribution in [3.63, 3.8) is 0 Å². The fraction of sp³-hybridized carbons (Fsp3) is 0.684. The molecular formula is C19H32N2. The van der Waals surface area contributed by atoms with E-state index < -0.39 is 0 Å². The third-order valence-corrected chi connectivity index (χ3v) is 5.62. The van der Waals surface area contributed by atoms with Gasteiger partial charge < -0.3 is 5.73 Å². The van der Waals surface area contributed by atoms with Crippen molar-refractivity contribution in [3.05, 3.63) is 35.9 Å². The van der Waals surface area contributed by atoms with Crippen LogP contribution in [0.2, 0.25) is 0 Å². The lowest BCUT2D eigenvalue weighted by Gasteiger charge is -2.41. The first-order valence-electron chi connectivity index (χ1n) is 8.65. The maximum absolute atomic E-state index is 6.22. The molecule has 118 valence electrons. The monoisotopic (exact) mass is 288 g/mol. The number of likely N-dealkylation sites (N-methyl/N-ethyl adjacent to an activating group) is 1. The zero-order valence-corrected chi connectivity index (χ0v) is 13.9. The van der Waals surface area contributed by atoms with Crippen LogP contribution in [-0.4, -0.2) is 30.6 Å². The molecule has 2 N–H and O–H groups in total. The van der Waals surface area contributed by atoms with Gasteiger partial charge in [-0.15, -0.1) is 0 Å². The number of benzene rings is 1. The molecule has 2 rings (SSSR count). The van der Waals surface area contributed by atoms with E-state index in [4.69, 9.17) is 5.73 Å². The summed E-state index contributed by atoms with van der Waals surface area (Å²) in [6, 6.07) is 10.8. The molecule has 2 heteroatoms. The van der Waals surface area contributed by atoms with E-state index in [0.717, 1.165) is 25.4 Å². The van der Waals surface area contributed by atoms with E-state index in [1.807, 2.05) is 0 Å². The maximum Gasteiger partial charge on any atom is 0.0328 e. The van der Waals surface area contributed by atoms with Gasteiger partial charge in [-0.2, -0.15) is 0 Å². The molecule has 1 saturated carbocycles. The number of nitrogens with zero attached hydrogens (tertiary/aromatic N) is 1. The molecule has 2 atom stereocenters. The van der Waals surface area contributed by atoms with Crippen molar-refractivity contribution >= 4 is 0 Å². The number of nitrogens with two attached hydrogens (primary N) is 1. The summed E-state index contributed by atoms with van der Waals surface area (Å²) in [5.74, 6) is 0.918. The molecule has 0 heterocycles. The molecule has 0 radical (unpaired) electrons. The summed E-state index contributed by atoms with van der Waals surface area (Å²) >= 11 is 0. The minimum atomic E-state index is 0.235. The number of rotatable bonds is 6. The second-order valence-electron chi connectivity index (χ2n) is 6.79. The highest BCUT2D eigenvalue weighted by Gasteiger charge is 2.34. The highest BCUT2D eigenvalue weighted by molar-refractivity contribution is 5.15. The summed E-state index contributed by atoms with van der Waals surface area (Å²) in [7, 11) is 2.28. The predicted octanol–water partition coefficient (Wildman–Crippen LogP) is 3.85. The number of hydrogen-bond acceptors (Lipinski definition) is 2. The zero-order chi connectivity index (χ0) is 15.1. The highest BCUT2D eigenvalue weighted by atomic mass is 15.2. The quantitative estimate of drug-likeness (QED) is 0.806. The molecule has 0 bridgehead atoms. The molecular weight excluding hydrogens is 256 g/mol. The van der Waals surface area contributed by atoms with Crippen LogP contribution >= 0.6 is 0 Å². The van der Waals surface area contributed by atoms with Crippen LogP contribution in [0.25, 0.3) is 0 Å². The Balaban J connectivity index is 1.95. The van der Waals surface area contributed by atoms with E-state index in [9.17, 15) is 0 Å². The molecule has 1 fully saturated rings. The van der Waals surface area contributed by atoms with Gasteiger partial charge in [0.1, 0.15) is 0 Å². The smallest absolute Gasteiger partial charge is 0.0328 e. The van der Waals surface area contributed by atoms with Crippen molar-refractivity contribution in [2.75, 3.05) is 20.1 Å². The average molecular weight is 288 g/mol. The minimum Gasteiger partial charge on any atom is -0.329 e. The number of hydrogen-bond donors (Lipinski definition) is 1. The summed E-state index contributed by atoms with van der Waals surface area (Å²) in [5, 5.41) is 0. The molecule has 0 saturated heterocycles. The Bertz CT molecular complexity index is 403. The van der Waals surface area contributed by atoms with E-state index in [2.05, 4.69) is 49.2 Å². The van der Waals surface area contributed by atoms with E-state index in [1.54, 1.807) is 0 Å². The van der Waals surface area contributed by atoms with Gasteiger partial charge in [0.2, 0.25) is 0 Å². The van der Waals surface area contributed by atoms with Crippen molar-refractivity contribution in [2.45, 2.75) is 57.4 Å². The first-order chi connectivity index (χ1) is 10.2. The fourth-order valence-electron chi connectivity index (χ4n) is 3.79. The molecule has 2 nitrogen and oxygen atoms in total. The van der Waals surface area contributed by atoms with Crippen LogP contribution in [0.3, 0.4) is 0 Å². The van der Waals surface area contributed by atoms with Gasteiger partial charge in [0.25, 0.3) is 0 Å². The Hall–Kier alpha value is -0.860. The molecule has 0 amide bonds. The molecule has 2 unspecified atom stereocenters. The molecule has 21 heavy (non-hydrogen) atoms. The summed E-state index contributed by atoms with van der Waals surface area (Å²) in [6.07, 6.45) is 9.07. The van der Waals surface area contributed by atoms with Gasteiger partial charge in [-0.25, -0.2) is 0 Å². The Kier molecular flexibility index (Phi) is 6.25. The maximum atomic E-state index is 6.22. The molecule has 1 aliphatic carbocycles. The lowest BCUT2D eigenvalue weighted by atomic mass is 9.87. The van der Waals surface area contributed by atoms with Crippen molar-refractivity contribution in [1.29, 1.82) is 0 Å². The average Bonchev–Trinajstić information content (AvgIpc) is 2.76. The van der Waals surface area contributed by atoms with Gasteiger partial charge in [0.15, 0.2) is 0 Å². The van der Waals surface area contributed by atoms with Crippen LogP contribution in [0, 0.1) is 5.92 Å². The Labute approximate surface area is 130 Å². The van der Waals surface area contributed by atoms with Crippen molar-refractivity contribution in [2.24, 2.45) is 11.7 Å². The lowest BCUT2D eigenvalue weighted by Crippen LogP contribution is -2.52. The first kappa shape index (κ1) is 16.5. The largest absolute Gasteiger partial charge is 0.329 e. The van der Waals surface area contributed by atoms with Crippen LogP contribution in [0.4, 0.5) is 0 Å². The SMILES string of the molecule is CCC1CCCC(CN)(N(C)CCc2ccccc2)CC1. The van der Waals surface area contributed by atoms with E-state index >= 15 is 0 Å². The lowest BCUT2D eigenvalue weighted by molar-refractivity contribution is 0.107. The summed E-state index contributed by atoms with van der Waals surface area (Å²) in [6.45, 7) is 4.24. The normalized spacial score (nSPS) is 26.8. The summed E-state index contributed by atoms with van der Waals surface area (Å²) in [5.41, 5.74) is 7.88. The Morgan fingerprint density at radius 2 is 1.95 bits per heavy atom. The fourth-order valence-corrected chi connectivity index (χ4v) is 3.79. The van der Waals surface area contributed by atoms with E-state index in [1.165, 1.54) is 44.1 Å². The molecule has 0 aliphatic heterocycles. The second kappa shape index (κ2) is 7.95. The van der Waals surface area contributed by atoms with Gasteiger partial charge >= 0.3 is 0 Å². The van der Waals surface area contributed by atoms with Crippen LogP contribution in [0.1, 0.15) is 51.0 Å². The third-order valence-electron chi connectivity index (χ3n) is 5.62. The first-order valence-corrected chi connectivity index (χ1v) is 8.65. The van der Waals surface area contributed by atoms with Crippen LogP contribution in [0.15, 0.2) is 30.3 Å². The van der Waals surface area contributed by atoms with Gasteiger partial charge in [-0.05, 0) is 44.2 Å². The summed E-state index contributed by atoms with van der Waals surface area (Å²) < 4.78 is 0. The topological polar surface area (TPSA) is 29.3 Å². The van der Waals surface area contributed by atoms with Crippen molar-refractivity contribution in [1.82, 2.24) is 4.90 Å². The van der Waals surface area contributed by atoms with Crippen LogP contribution in [-0.2, 0) is 6.42 Å². The Morgan fingerprint density at radius 3 is 2.62 bits per heavy atom. The van der Waals surface area contributed by atoms with E-state index in [0.29, 0.717) is 0 Å². The zero-order valence-electron chi connectivity index (χ0n) is 13.9. The van der Waals surface area contributed by atoms with Gasteiger partial charge in [0.05, 0.1) is 0 Å².